The zero-order valence-corrected chi connectivity index (χ0v) is 19.4. The first-order chi connectivity index (χ1) is 17.7. The van der Waals surface area contributed by atoms with E-state index >= 15 is 0 Å². The van der Waals surface area contributed by atoms with Crippen LogP contribution in [0.1, 0.15) is 5.56 Å². The number of fused-ring (bicyclic) bond motifs is 1. The number of nitrogens with two attached hydrogens (primary N) is 1. The molecule has 0 aliphatic carbocycles. The van der Waals surface area contributed by atoms with E-state index in [1.54, 1.807) is 30.3 Å². The lowest BCUT2D eigenvalue weighted by molar-refractivity contribution is -0.254. The van der Waals surface area contributed by atoms with Crippen LogP contribution in [-0.4, -0.2) is 95.1 Å². The van der Waals surface area contributed by atoms with E-state index in [0.717, 1.165) is 0 Å². The van der Waals surface area contributed by atoms with E-state index in [9.17, 15) is 34.8 Å². The molecule has 1 fully saturated rings. The van der Waals surface area contributed by atoms with Crippen LogP contribution in [0.25, 0.3) is 11.2 Å². The highest BCUT2D eigenvalue weighted by Gasteiger charge is 2.44. The molecule has 9 N–H and O–H groups in total. The molecule has 0 spiro atoms. The maximum absolute atomic E-state index is 13.2. The quantitative estimate of drug-likeness (QED) is 0.145. The smallest absolute Gasteiger partial charge is 0.280 e. The first kappa shape index (κ1) is 26.2. The Morgan fingerprint density at radius 1 is 1.19 bits per heavy atom. The van der Waals surface area contributed by atoms with Crippen LogP contribution in [0.2, 0.25) is 0 Å². The zero-order valence-electron chi connectivity index (χ0n) is 19.4. The number of nitrogen functional groups attached to an aromatic ring is 1. The molecule has 15 heteroatoms. The third kappa shape index (κ3) is 5.76. The average Bonchev–Trinajstić information content (AvgIpc) is 3.26. The lowest BCUT2D eigenvalue weighted by Gasteiger charge is -2.40. The number of amides is 2. The summed E-state index contributed by atoms with van der Waals surface area (Å²) < 4.78 is 6.37. The fourth-order valence-corrected chi connectivity index (χ4v) is 4.06. The number of anilines is 1. The molecule has 198 valence electrons. The summed E-state index contributed by atoms with van der Waals surface area (Å²) in [5, 5.41) is 44.9. The summed E-state index contributed by atoms with van der Waals surface area (Å²) in [6.45, 7) is -1.00. The van der Waals surface area contributed by atoms with E-state index in [1.807, 2.05) is 0 Å². The molecule has 1 aromatic carbocycles. The largest absolute Gasteiger partial charge is 0.394 e. The lowest BCUT2D eigenvalue weighted by Crippen LogP contribution is -2.65. The molecule has 0 radical (unpaired) electrons. The number of nitrogens with one attached hydrogen (secondary N) is 3. The maximum Gasteiger partial charge on any atom is 0.280 e. The average molecular weight is 517 g/mol. The Bertz CT molecular complexity index is 1310. The van der Waals surface area contributed by atoms with Crippen LogP contribution in [0.15, 0.2) is 41.5 Å². The molecule has 6 atom stereocenters. The number of H-pyrrole nitrogens is 1. The second-order valence-corrected chi connectivity index (χ2v) is 8.57. The second-order valence-electron chi connectivity index (χ2n) is 8.57. The van der Waals surface area contributed by atoms with Crippen LogP contribution in [0.3, 0.4) is 0 Å². The van der Waals surface area contributed by atoms with Gasteiger partial charge in [0.2, 0.25) is 17.8 Å². The Labute approximate surface area is 208 Å². The van der Waals surface area contributed by atoms with Gasteiger partial charge in [-0.25, -0.2) is 4.98 Å². The number of benzene rings is 1. The number of carbonyl (C=O) groups excluding carboxylic acids is 2. The highest BCUT2D eigenvalue weighted by molar-refractivity contribution is 5.88. The number of carbonyl (C=O) groups is 2. The van der Waals surface area contributed by atoms with Crippen molar-refractivity contribution in [3.63, 3.8) is 0 Å². The molecule has 0 bridgehead atoms. The lowest BCUT2D eigenvalue weighted by atomic mass is 9.96. The summed E-state index contributed by atoms with van der Waals surface area (Å²) in [6.07, 6.45) is -4.89. The van der Waals surface area contributed by atoms with Crippen LogP contribution in [0.5, 0.6) is 0 Å². The summed E-state index contributed by atoms with van der Waals surface area (Å²) >= 11 is 0. The SMILES string of the molecule is Nc1nc2c(ncn2CC(=O)NC(Cc2ccccc2)C(=O)N[C@H]2C(O)OC(CO)[C@@H](O)C2O)c(=O)[nH]1. The fourth-order valence-electron chi connectivity index (χ4n) is 4.06. The minimum atomic E-state index is -1.72. The van der Waals surface area contributed by atoms with Crippen LogP contribution in [0, 0.1) is 0 Å². The molecule has 3 heterocycles. The van der Waals surface area contributed by atoms with Gasteiger partial charge in [0.15, 0.2) is 17.5 Å². The Hall–Kier alpha value is -3.89. The van der Waals surface area contributed by atoms with Crippen LogP contribution in [-0.2, 0) is 27.3 Å². The fraction of sp³-hybridized carbons (Fsp3) is 0.409. The van der Waals surface area contributed by atoms with Crippen molar-refractivity contribution in [3.05, 3.63) is 52.6 Å². The van der Waals surface area contributed by atoms with Crippen LogP contribution in [0.4, 0.5) is 5.95 Å². The van der Waals surface area contributed by atoms with Crippen molar-refractivity contribution in [2.75, 3.05) is 12.3 Å². The van der Waals surface area contributed by atoms with Gasteiger partial charge in [-0.2, -0.15) is 4.98 Å². The topological polar surface area (TPSA) is 238 Å². The third-order valence-electron chi connectivity index (χ3n) is 5.95. The molecule has 0 saturated carbocycles. The normalized spacial score (nSPS) is 24.5. The predicted molar refractivity (Wildman–Crippen MR) is 127 cm³/mol. The molecular weight excluding hydrogens is 490 g/mol. The minimum Gasteiger partial charge on any atom is -0.394 e. The highest BCUT2D eigenvalue weighted by Crippen LogP contribution is 2.20. The van der Waals surface area contributed by atoms with Crippen molar-refractivity contribution in [2.45, 2.75) is 49.7 Å². The highest BCUT2D eigenvalue weighted by atomic mass is 16.6. The van der Waals surface area contributed by atoms with E-state index in [2.05, 4.69) is 25.6 Å². The summed E-state index contributed by atoms with van der Waals surface area (Å²) in [7, 11) is 0. The molecule has 37 heavy (non-hydrogen) atoms. The molecule has 1 aliphatic rings. The van der Waals surface area contributed by atoms with E-state index in [4.69, 9.17) is 10.5 Å². The molecule has 2 aromatic heterocycles. The van der Waals surface area contributed by atoms with E-state index in [0.29, 0.717) is 5.56 Å². The Balaban J connectivity index is 1.51. The first-order valence-electron chi connectivity index (χ1n) is 11.3. The number of rotatable bonds is 8. The van der Waals surface area contributed by atoms with Gasteiger partial charge in [0.25, 0.3) is 5.56 Å². The van der Waals surface area contributed by atoms with Gasteiger partial charge in [0, 0.05) is 6.42 Å². The van der Waals surface area contributed by atoms with Crippen LogP contribution < -0.4 is 21.9 Å². The van der Waals surface area contributed by atoms with Gasteiger partial charge in [0.1, 0.15) is 36.9 Å². The van der Waals surface area contributed by atoms with Gasteiger partial charge in [-0.3, -0.25) is 19.4 Å². The number of aromatic nitrogens is 4. The van der Waals surface area contributed by atoms with Crippen molar-refractivity contribution >= 4 is 28.9 Å². The van der Waals surface area contributed by atoms with Gasteiger partial charge in [-0.05, 0) is 5.56 Å². The molecule has 1 saturated heterocycles. The maximum atomic E-state index is 13.2. The van der Waals surface area contributed by atoms with Gasteiger partial charge in [0.05, 0.1) is 12.9 Å². The Morgan fingerprint density at radius 3 is 2.62 bits per heavy atom. The molecule has 1 aliphatic heterocycles. The third-order valence-corrected chi connectivity index (χ3v) is 5.95. The van der Waals surface area contributed by atoms with Crippen LogP contribution >= 0.6 is 0 Å². The van der Waals surface area contributed by atoms with Crippen molar-refractivity contribution in [3.8, 4) is 0 Å². The number of aromatic amines is 1. The monoisotopic (exact) mass is 517 g/mol. The summed E-state index contributed by atoms with van der Waals surface area (Å²) in [5.41, 5.74) is 5.79. The molecular formula is C22H27N7O8. The van der Waals surface area contributed by atoms with Crippen molar-refractivity contribution < 1.29 is 34.8 Å². The van der Waals surface area contributed by atoms with Gasteiger partial charge >= 0.3 is 0 Å². The molecule has 2 amide bonds. The summed E-state index contributed by atoms with van der Waals surface area (Å²) in [6, 6.07) is 6.19. The molecule has 4 unspecified atom stereocenters. The van der Waals surface area contributed by atoms with E-state index < -0.39 is 60.7 Å². The van der Waals surface area contributed by atoms with Crippen molar-refractivity contribution in [1.82, 2.24) is 30.2 Å². The van der Waals surface area contributed by atoms with Gasteiger partial charge < -0.3 is 46.1 Å². The van der Waals surface area contributed by atoms with Gasteiger partial charge in [-0.1, -0.05) is 30.3 Å². The van der Waals surface area contributed by atoms with Crippen molar-refractivity contribution in [1.29, 1.82) is 0 Å². The number of nitrogens with zero attached hydrogens (tertiary/aromatic N) is 3. The molecule has 3 aromatic rings. The standard InChI is InChI=1S/C22H27N7O8/c23-22-27-18-15(20(35)28-22)24-9-29(18)7-13(31)25-11(6-10-4-2-1-3-5-10)19(34)26-14-17(33)16(32)12(8-30)37-21(14)36/h1-5,9,11-12,14,16-17,21,30,32-33,36H,6-8H2,(H,25,31)(H,26,34)(H3,23,27,28,35)/t11?,12?,14-,16-,17?,21?/m1/s1. The molecule has 4 rings (SSSR count). The van der Waals surface area contributed by atoms with E-state index in [-0.39, 0.29) is 30.1 Å². The minimum absolute atomic E-state index is 0.0133. The number of imidazole rings is 1. The number of hydrogen-bond acceptors (Lipinski definition) is 11. The summed E-state index contributed by atoms with van der Waals surface area (Å²) in [4.78, 5) is 48.3. The Morgan fingerprint density at radius 2 is 1.92 bits per heavy atom. The Kier molecular flexibility index (Phi) is 7.80. The summed E-state index contributed by atoms with van der Waals surface area (Å²) in [5.74, 6) is -1.55. The molecule has 15 nitrogen and oxygen atoms in total. The number of hydrogen-bond donors (Lipinski definition) is 8. The van der Waals surface area contributed by atoms with Gasteiger partial charge in [-0.15, -0.1) is 0 Å². The number of ether oxygens (including phenoxy) is 1. The van der Waals surface area contributed by atoms with Crippen molar-refractivity contribution in [2.24, 2.45) is 0 Å². The zero-order chi connectivity index (χ0) is 26.7. The number of aliphatic hydroxyl groups is 4. The van der Waals surface area contributed by atoms with E-state index in [1.165, 1.54) is 10.9 Å². The predicted octanol–water partition coefficient (Wildman–Crippen LogP) is -3.65. The first-order valence-corrected chi connectivity index (χ1v) is 11.3. The second kappa shape index (κ2) is 11.0. The number of aliphatic hydroxyl groups excluding tert-OH is 4.